The van der Waals surface area contributed by atoms with Crippen LogP contribution in [0, 0.1) is 6.92 Å². The van der Waals surface area contributed by atoms with E-state index in [0.717, 1.165) is 56.3 Å². The molecule has 1 aliphatic heterocycles. The molecule has 4 rings (SSSR count). The molecule has 3 aromatic rings. The van der Waals surface area contributed by atoms with Crippen molar-refractivity contribution in [3.8, 4) is 5.75 Å². The number of para-hydroxylation sites is 1. The van der Waals surface area contributed by atoms with E-state index in [1.54, 1.807) is 0 Å². The summed E-state index contributed by atoms with van der Waals surface area (Å²) in [5, 5.41) is 4.57. The van der Waals surface area contributed by atoms with Gasteiger partial charge in [-0.25, -0.2) is 0 Å². The van der Waals surface area contributed by atoms with E-state index in [9.17, 15) is 0 Å². The molecule has 6 heteroatoms. The van der Waals surface area contributed by atoms with Crippen molar-refractivity contribution in [2.45, 2.75) is 46.4 Å². The molecule has 3 heterocycles. The van der Waals surface area contributed by atoms with Crippen molar-refractivity contribution in [2.24, 2.45) is 0 Å². The average molecular weight is 421 g/mol. The molecular formula is C25H32N4O2. The molecular weight excluding hydrogens is 388 g/mol. The van der Waals surface area contributed by atoms with Gasteiger partial charge in [0, 0.05) is 50.6 Å². The van der Waals surface area contributed by atoms with Crippen LogP contribution in [0.1, 0.15) is 48.0 Å². The Kier molecular flexibility index (Phi) is 6.99. The molecule has 0 amide bonds. The minimum atomic E-state index is 0.0000344. The highest BCUT2D eigenvalue weighted by molar-refractivity contribution is 5.37. The van der Waals surface area contributed by atoms with Gasteiger partial charge in [-0.3, -0.25) is 14.6 Å². The summed E-state index contributed by atoms with van der Waals surface area (Å²) in [5.41, 5.74) is 5.75. The smallest absolute Gasteiger partial charge is 0.122 e. The zero-order chi connectivity index (χ0) is 21.6. The predicted molar refractivity (Wildman–Crippen MR) is 121 cm³/mol. The number of ether oxygens (including phenoxy) is 2. The summed E-state index contributed by atoms with van der Waals surface area (Å²) in [7, 11) is 0. The molecule has 0 aliphatic carbocycles. The standard InChI is InChI=1S/C25H32N4O2/c1-4-29-17-22(19(3)27-29)16-28-12-13-31-25(18-28)23-11-10-20(15-26-23)14-21-8-6-7-9-24(21)30-5-2/h6-11,15,17,25H,4-5,12-14,16,18H2,1-3H3. The molecule has 0 radical (unpaired) electrons. The number of hydrogen-bond acceptors (Lipinski definition) is 5. The van der Waals surface area contributed by atoms with Gasteiger partial charge in [0.05, 0.1) is 24.6 Å². The van der Waals surface area contributed by atoms with E-state index < -0.39 is 0 Å². The molecule has 1 fully saturated rings. The number of aromatic nitrogens is 3. The third-order valence-electron chi connectivity index (χ3n) is 5.76. The van der Waals surface area contributed by atoms with Crippen LogP contribution in [0.4, 0.5) is 0 Å². The first-order chi connectivity index (χ1) is 15.2. The van der Waals surface area contributed by atoms with Crippen LogP contribution >= 0.6 is 0 Å². The van der Waals surface area contributed by atoms with Crippen LogP contribution in [0.2, 0.25) is 0 Å². The first-order valence-electron chi connectivity index (χ1n) is 11.2. The number of morpholine rings is 1. The van der Waals surface area contributed by atoms with E-state index in [1.165, 1.54) is 16.7 Å². The highest BCUT2D eigenvalue weighted by Gasteiger charge is 2.24. The molecule has 1 aliphatic rings. The summed E-state index contributed by atoms with van der Waals surface area (Å²) in [5.74, 6) is 0.946. The number of rotatable bonds is 8. The monoisotopic (exact) mass is 420 g/mol. The lowest BCUT2D eigenvalue weighted by Gasteiger charge is -2.32. The molecule has 164 valence electrons. The third kappa shape index (κ3) is 5.32. The molecule has 31 heavy (non-hydrogen) atoms. The Bertz CT molecular complexity index is 983. The molecule has 1 atom stereocenters. The second-order valence-electron chi connectivity index (χ2n) is 8.00. The molecule has 1 unspecified atom stereocenters. The largest absolute Gasteiger partial charge is 0.494 e. The summed E-state index contributed by atoms with van der Waals surface area (Å²) < 4.78 is 13.8. The van der Waals surface area contributed by atoms with Gasteiger partial charge in [0.15, 0.2) is 0 Å². The first kappa shape index (κ1) is 21.5. The molecule has 0 saturated carbocycles. The SMILES string of the molecule is CCOc1ccccc1Cc1ccc(C2CN(Cc3cn(CC)nc3C)CCO2)nc1. The molecule has 1 saturated heterocycles. The predicted octanol–water partition coefficient (Wildman–Crippen LogP) is 4.17. The van der Waals surface area contributed by atoms with Crippen molar-refractivity contribution in [3.05, 3.63) is 76.9 Å². The maximum atomic E-state index is 6.05. The Labute approximate surface area is 184 Å². The Balaban J connectivity index is 1.40. The summed E-state index contributed by atoms with van der Waals surface area (Å²) in [6.45, 7) is 11.2. The highest BCUT2D eigenvalue weighted by atomic mass is 16.5. The van der Waals surface area contributed by atoms with Crippen LogP contribution in [-0.4, -0.2) is 46.0 Å². The van der Waals surface area contributed by atoms with Crippen molar-refractivity contribution >= 4 is 0 Å². The maximum Gasteiger partial charge on any atom is 0.122 e. The minimum absolute atomic E-state index is 0.0000344. The van der Waals surface area contributed by atoms with E-state index in [0.29, 0.717) is 6.61 Å². The van der Waals surface area contributed by atoms with Crippen LogP contribution in [0.5, 0.6) is 5.75 Å². The molecule has 6 nitrogen and oxygen atoms in total. The second kappa shape index (κ2) is 10.1. The van der Waals surface area contributed by atoms with E-state index in [2.05, 4.69) is 54.3 Å². The second-order valence-corrected chi connectivity index (χ2v) is 8.00. The summed E-state index contributed by atoms with van der Waals surface area (Å²) in [6.07, 6.45) is 4.94. The Morgan fingerprint density at radius 3 is 2.74 bits per heavy atom. The van der Waals surface area contributed by atoms with E-state index in [1.807, 2.05) is 29.9 Å². The quantitative estimate of drug-likeness (QED) is 0.547. The highest BCUT2D eigenvalue weighted by Crippen LogP contribution is 2.25. The van der Waals surface area contributed by atoms with Crippen molar-refractivity contribution in [1.29, 1.82) is 0 Å². The van der Waals surface area contributed by atoms with E-state index in [4.69, 9.17) is 14.5 Å². The fraction of sp³-hybridized carbons (Fsp3) is 0.440. The van der Waals surface area contributed by atoms with E-state index in [-0.39, 0.29) is 6.10 Å². The number of pyridine rings is 1. The molecule has 1 aromatic carbocycles. The zero-order valence-corrected chi connectivity index (χ0v) is 18.8. The van der Waals surface area contributed by atoms with E-state index >= 15 is 0 Å². The van der Waals surface area contributed by atoms with Crippen LogP contribution in [-0.2, 0) is 24.2 Å². The van der Waals surface area contributed by atoms with Gasteiger partial charge in [-0.05, 0) is 44.0 Å². The first-order valence-corrected chi connectivity index (χ1v) is 11.2. The molecule has 0 N–H and O–H groups in total. The van der Waals surface area contributed by atoms with Gasteiger partial charge < -0.3 is 9.47 Å². The minimum Gasteiger partial charge on any atom is -0.494 e. The average Bonchev–Trinajstić information content (AvgIpc) is 3.15. The van der Waals surface area contributed by atoms with Gasteiger partial charge in [0.25, 0.3) is 0 Å². The fourth-order valence-corrected chi connectivity index (χ4v) is 4.04. The van der Waals surface area contributed by atoms with Gasteiger partial charge in [0.2, 0.25) is 0 Å². The maximum absolute atomic E-state index is 6.05. The van der Waals surface area contributed by atoms with Gasteiger partial charge in [-0.15, -0.1) is 0 Å². The van der Waals surface area contributed by atoms with Crippen molar-refractivity contribution in [1.82, 2.24) is 19.7 Å². The van der Waals surface area contributed by atoms with Gasteiger partial charge >= 0.3 is 0 Å². The normalized spacial score (nSPS) is 17.1. The Morgan fingerprint density at radius 1 is 1.13 bits per heavy atom. The van der Waals surface area contributed by atoms with Crippen molar-refractivity contribution < 1.29 is 9.47 Å². The van der Waals surface area contributed by atoms with Crippen LogP contribution < -0.4 is 4.74 Å². The van der Waals surface area contributed by atoms with Crippen LogP contribution in [0.25, 0.3) is 0 Å². The molecule has 2 aromatic heterocycles. The molecule has 0 bridgehead atoms. The lowest BCUT2D eigenvalue weighted by atomic mass is 10.0. The topological polar surface area (TPSA) is 52.4 Å². The lowest BCUT2D eigenvalue weighted by Crippen LogP contribution is -2.38. The van der Waals surface area contributed by atoms with Crippen molar-refractivity contribution in [3.63, 3.8) is 0 Å². The number of aryl methyl sites for hydroxylation is 2. The van der Waals surface area contributed by atoms with Crippen LogP contribution in [0.15, 0.2) is 48.8 Å². The summed E-state index contributed by atoms with van der Waals surface area (Å²) in [6, 6.07) is 12.5. The van der Waals surface area contributed by atoms with Gasteiger partial charge in [0.1, 0.15) is 11.9 Å². The third-order valence-corrected chi connectivity index (χ3v) is 5.76. The van der Waals surface area contributed by atoms with Gasteiger partial charge in [-0.2, -0.15) is 5.10 Å². The lowest BCUT2D eigenvalue weighted by molar-refractivity contribution is -0.0350. The number of benzene rings is 1. The fourth-order valence-electron chi connectivity index (χ4n) is 4.04. The Hall–Kier alpha value is -2.70. The van der Waals surface area contributed by atoms with Gasteiger partial charge in [-0.1, -0.05) is 24.3 Å². The zero-order valence-electron chi connectivity index (χ0n) is 18.8. The number of hydrogen-bond donors (Lipinski definition) is 0. The van der Waals surface area contributed by atoms with Crippen LogP contribution in [0.3, 0.4) is 0 Å². The molecule has 0 spiro atoms. The summed E-state index contributed by atoms with van der Waals surface area (Å²) >= 11 is 0. The Morgan fingerprint density at radius 2 is 2.00 bits per heavy atom. The number of nitrogens with zero attached hydrogens (tertiary/aromatic N) is 4. The van der Waals surface area contributed by atoms with Crippen molar-refractivity contribution in [2.75, 3.05) is 26.3 Å². The summed E-state index contributed by atoms with van der Waals surface area (Å²) in [4.78, 5) is 7.18.